The highest BCUT2D eigenvalue weighted by Crippen LogP contribution is 2.19. The fourth-order valence-electron chi connectivity index (χ4n) is 1.23. The van der Waals surface area contributed by atoms with E-state index in [2.05, 4.69) is 5.32 Å². The number of hydrogen-bond acceptors (Lipinski definition) is 3. The highest BCUT2D eigenvalue weighted by molar-refractivity contribution is 7.87. The van der Waals surface area contributed by atoms with Crippen LogP contribution < -0.4 is 11.1 Å². The fraction of sp³-hybridized carbons (Fsp3) is 0.500. The minimum absolute atomic E-state index is 0.127. The topological polar surface area (TPSA) is 92.5 Å². The van der Waals surface area contributed by atoms with Crippen LogP contribution in [-0.2, 0) is 15.8 Å². The number of alkyl halides is 1. The Balaban J connectivity index is 2.94. The first-order valence-corrected chi connectivity index (χ1v) is 6.16. The molecule has 3 amide bonds. The van der Waals surface area contributed by atoms with Crippen LogP contribution in [0.15, 0.2) is 10.6 Å². The Morgan fingerprint density at radius 1 is 1.62 bits per heavy atom. The lowest BCUT2D eigenvalue weighted by atomic mass is 10.3. The van der Waals surface area contributed by atoms with Gasteiger partial charge >= 0.3 is 6.03 Å². The Bertz CT molecular complexity index is 383. The largest absolute Gasteiger partial charge is 0.369 e. The van der Waals surface area contributed by atoms with Crippen LogP contribution in [0.25, 0.3) is 0 Å². The zero-order chi connectivity index (χ0) is 12.3. The number of nitrogens with two attached hydrogens (primary N) is 1. The molecule has 1 rings (SSSR count). The zero-order valence-corrected chi connectivity index (χ0v) is 10.2. The molecular formula is C8H12ClN3O3S. The third kappa shape index (κ3) is 2.73. The van der Waals surface area contributed by atoms with Crippen molar-refractivity contribution in [2.24, 2.45) is 5.73 Å². The molecule has 0 aromatic heterocycles. The van der Waals surface area contributed by atoms with Gasteiger partial charge in [-0.1, -0.05) is 0 Å². The number of urea groups is 1. The van der Waals surface area contributed by atoms with Crippen molar-refractivity contribution >= 4 is 34.5 Å². The smallest absolute Gasteiger partial charge is 0.333 e. The maximum absolute atomic E-state index is 11.8. The first-order chi connectivity index (χ1) is 7.47. The minimum atomic E-state index is -1.59. The van der Waals surface area contributed by atoms with Crippen LogP contribution in [0.2, 0.25) is 0 Å². The summed E-state index contributed by atoms with van der Waals surface area (Å²) in [6, 6.07) is -0.527. The third-order valence-electron chi connectivity index (χ3n) is 2.01. The number of primary amides is 1. The highest BCUT2D eigenvalue weighted by Gasteiger charge is 2.29. The molecule has 0 saturated carbocycles. The van der Waals surface area contributed by atoms with Crippen molar-refractivity contribution in [3.8, 4) is 0 Å². The number of carbonyl (C=O) groups is 2. The summed E-state index contributed by atoms with van der Waals surface area (Å²) >= 11 is 5.49. The molecule has 16 heavy (non-hydrogen) atoms. The molecule has 0 bridgehead atoms. The number of hydrogen-bond donors (Lipinski definition) is 2. The maximum atomic E-state index is 11.8. The van der Waals surface area contributed by atoms with Crippen LogP contribution in [0.4, 0.5) is 4.79 Å². The van der Waals surface area contributed by atoms with E-state index in [1.165, 1.54) is 0 Å². The van der Waals surface area contributed by atoms with Gasteiger partial charge in [0.15, 0.2) is 11.0 Å². The summed E-state index contributed by atoms with van der Waals surface area (Å²) in [5, 5.41) is 2.48. The minimum Gasteiger partial charge on any atom is -0.369 e. The van der Waals surface area contributed by atoms with Gasteiger partial charge in [0.25, 0.3) is 0 Å². The van der Waals surface area contributed by atoms with E-state index in [1.807, 2.05) is 0 Å². The van der Waals surface area contributed by atoms with Gasteiger partial charge in [0.1, 0.15) is 0 Å². The van der Waals surface area contributed by atoms with Gasteiger partial charge in [-0.25, -0.2) is 13.3 Å². The summed E-state index contributed by atoms with van der Waals surface area (Å²) in [5.74, 6) is -0.394. The molecule has 6 nitrogen and oxygen atoms in total. The molecule has 0 fully saturated rings. The molecule has 0 radical (unpaired) electrons. The van der Waals surface area contributed by atoms with Gasteiger partial charge in [-0.3, -0.25) is 4.79 Å². The molecule has 0 saturated heterocycles. The summed E-state index contributed by atoms with van der Waals surface area (Å²) in [6.45, 7) is 1.76. The second-order valence-corrected chi connectivity index (χ2v) is 5.08. The quantitative estimate of drug-likeness (QED) is 0.702. The summed E-state index contributed by atoms with van der Waals surface area (Å²) in [4.78, 5) is 22.7. The summed E-state index contributed by atoms with van der Waals surface area (Å²) in [7, 11) is -1.59. The number of allylic oxidation sites excluding steroid dienone is 1. The second-order valence-electron chi connectivity index (χ2n) is 3.15. The van der Waals surface area contributed by atoms with Gasteiger partial charge in [0, 0.05) is 11.6 Å². The van der Waals surface area contributed by atoms with E-state index in [1.54, 1.807) is 6.92 Å². The van der Waals surface area contributed by atoms with Gasteiger partial charge in [-0.2, -0.15) is 0 Å². The Morgan fingerprint density at radius 3 is 2.75 bits per heavy atom. The van der Waals surface area contributed by atoms with E-state index in [4.69, 9.17) is 17.3 Å². The average molecular weight is 266 g/mol. The van der Waals surface area contributed by atoms with Crippen molar-refractivity contribution in [2.45, 2.75) is 13.3 Å². The van der Waals surface area contributed by atoms with Crippen LogP contribution in [0.5, 0.6) is 0 Å². The molecule has 1 atom stereocenters. The monoisotopic (exact) mass is 265 g/mol. The first-order valence-electron chi connectivity index (χ1n) is 4.51. The lowest BCUT2D eigenvalue weighted by Crippen LogP contribution is -2.46. The van der Waals surface area contributed by atoms with E-state index in [0.717, 1.165) is 4.31 Å². The van der Waals surface area contributed by atoms with Crippen LogP contribution in [0.1, 0.15) is 13.3 Å². The van der Waals surface area contributed by atoms with E-state index in [9.17, 15) is 13.8 Å². The Hall–Kier alpha value is -1.08. The van der Waals surface area contributed by atoms with Crippen molar-refractivity contribution in [3.05, 3.63) is 10.6 Å². The Morgan fingerprint density at radius 2 is 2.25 bits per heavy atom. The van der Waals surface area contributed by atoms with Crippen molar-refractivity contribution in [1.82, 2.24) is 9.62 Å². The SMILES string of the molecule is CC1=C(CC(N)=O)NC(=O)N(CCCl)S1=O. The lowest BCUT2D eigenvalue weighted by Gasteiger charge is -2.27. The Kier molecular flexibility index (Phi) is 4.31. The third-order valence-corrected chi connectivity index (χ3v) is 3.70. The average Bonchev–Trinajstić information content (AvgIpc) is 2.20. The molecule has 0 aromatic carbocycles. The first kappa shape index (κ1) is 13.0. The van der Waals surface area contributed by atoms with Gasteiger partial charge in [0.05, 0.1) is 17.9 Å². The highest BCUT2D eigenvalue weighted by atomic mass is 35.5. The van der Waals surface area contributed by atoms with Crippen LogP contribution in [0.3, 0.4) is 0 Å². The molecule has 1 aliphatic heterocycles. The molecular weight excluding hydrogens is 254 g/mol. The standard InChI is InChI=1S/C8H12ClN3O3S/c1-5-6(4-7(10)13)11-8(14)12(3-2-9)16(5)15/h2-4H2,1H3,(H2,10,13)(H,11,14). The molecule has 8 heteroatoms. The van der Waals surface area contributed by atoms with Crippen molar-refractivity contribution in [2.75, 3.05) is 12.4 Å². The molecule has 0 aliphatic carbocycles. The molecule has 0 aromatic rings. The molecule has 1 aliphatic rings. The van der Waals surface area contributed by atoms with E-state index in [0.29, 0.717) is 10.6 Å². The number of rotatable bonds is 4. The second kappa shape index (κ2) is 5.31. The molecule has 1 unspecified atom stereocenters. The molecule has 3 N–H and O–H groups in total. The lowest BCUT2D eigenvalue weighted by molar-refractivity contribution is -0.117. The summed E-state index contributed by atoms with van der Waals surface area (Å²) in [6.07, 6.45) is -0.127. The van der Waals surface area contributed by atoms with Crippen LogP contribution in [0, 0.1) is 0 Å². The van der Waals surface area contributed by atoms with Gasteiger partial charge in [-0.05, 0) is 6.92 Å². The van der Waals surface area contributed by atoms with E-state index in [-0.39, 0.29) is 18.8 Å². The molecule has 90 valence electrons. The number of halogens is 1. The molecule has 0 spiro atoms. The fourth-order valence-corrected chi connectivity index (χ4v) is 2.62. The van der Waals surface area contributed by atoms with Crippen molar-refractivity contribution in [1.29, 1.82) is 0 Å². The molecule has 1 heterocycles. The summed E-state index contributed by atoms with van der Waals surface area (Å²) < 4.78 is 12.9. The number of nitrogens with zero attached hydrogens (tertiary/aromatic N) is 1. The normalized spacial score (nSPS) is 21.0. The summed E-state index contributed by atoms with van der Waals surface area (Å²) in [5.41, 5.74) is 5.32. The predicted molar refractivity (Wildman–Crippen MR) is 60.6 cm³/mol. The van der Waals surface area contributed by atoms with Gasteiger partial charge in [0.2, 0.25) is 5.91 Å². The van der Waals surface area contributed by atoms with Crippen molar-refractivity contribution < 1.29 is 13.8 Å². The van der Waals surface area contributed by atoms with Gasteiger partial charge in [-0.15, -0.1) is 11.6 Å². The van der Waals surface area contributed by atoms with Gasteiger partial charge < -0.3 is 11.1 Å². The number of amides is 3. The predicted octanol–water partition coefficient (Wildman–Crippen LogP) is 0.0210. The van der Waals surface area contributed by atoms with E-state index < -0.39 is 22.9 Å². The van der Waals surface area contributed by atoms with E-state index >= 15 is 0 Å². The zero-order valence-electron chi connectivity index (χ0n) is 8.66. The number of carbonyl (C=O) groups excluding carboxylic acids is 2. The van der Waals surface area contributed by atoms with Crippen LogP contribution in [-0.4, -0.2) is 32.9 Å². The number of nitrogens with one attached hydrogen (secondary N) is 1. The maximum Gasteiger partial charge on any atom is 0.333 e. The van der Waals surface area contributed by atoms with Crippen molar-refractivity contribution in [3.63, 3.8) is 0 Å². The Labute approximate surface area is 100 Å². The van der Waals surface area contributed by atoms with Crippen LogP contribution >= 0.6 is 11.6 Å².